The van der Waals surface area contributed by atoms with Crippen LogP contribution in [0.2, 0.25) is 0 Å². The van der Waals surface area contributed by atoms with Gasteiger partial charge in [0.15, 0.2) is 0 Å². The van der Waals surface area contributed by atoms with Gasteiger partial charge in [0.2, 0.25) is 0 Å². The van der Waals surface area contributed by atoms with Gasteiger partial charge in [-0.15, -0.1) is 0 Å². The van der Waals surface area contributed by atoms with E-state index in [9.17, 15) is 9.59 Å². The van der Waals surface area contributed by atoms with E-state index in [-0.39, 0.29) is 11.5 Å². The van der Waals surface area contributed by atoms with Crippen molar-refractivity contribution in [3.63, 3.8) is 0 Å². The van der Waals surface area contributed by atoms with Gasteiger partial charge in [0.25, 0.3) is 11.5 Å². The van der Waals surface area contributed by atoms with Crippen LogP contribution in [-0.2, 0) is 22.5 Å². The fourth-order valence-electron chi connectivity index (χ4n) is 2.84. The summed E-state index contributed by atoms with van der Waals surface area (Å²) in [6.07, 6.45) is 1.90. The van der Waals surface area contributed by atoms with Crippen LogP contribution in [0.5, 0.6) is 0 Å². The van der Waals surface area contributed by atoms with Gasteiger partial charge in [0.05, 0.1) is 10.9 Å². The first-order chi connectivity index (χ1) is 10.6. The van der Waals surface area contributed by atoms with Crippen molar-refractivity contribution in [2.24, 2.45) is 0 Å². The Morgan fingerprint density at radius 1 is 1.50 bits per heavy atom. The van der Waals surface area contributed by atoms with E-state index in [0.29, 0.717) is 23.0 Å². The summed E-state index contributed by atoms with van der Waals surface area (Å²) < 4.78 is 6.84. The molecule has 0 radical (unpaired) electrons. The number of carbonyl (C=O) groups is 1. The number of aryl methyl sites for hydroxylation is 1. The minimum absolute atomic E-state index is 0.0348. The van der Waals surface area contributed by atoms with Crippen LogP contribution in [0.4, 0.5) is 5.69 Å². The first-order valence-corrected chi connectivity index (χ1v) is 7.51. The number of aromatic nitrogens is 2. The van der Waals surface area contributed by atoms with Crippen molar-refractivity contribution in [1.29, 1.82) is 0 Å². The molecule has 1 N–H and O–H groups in total. The number of hydrogen-bond acceptors (Lipinski definition) is 4. The molecule has 1 amide bonds. The van der Waals surface area contributed by atoms with Crippen LogP contribution in [0.3, 0.4) is 0 Å². The summed E-state index contributed by atoms with van der Waals surface area (Å²) in [5.74, 6) is 0.637. The molecule has 22 heavy (non-hydrogen) atoms. The highest BCUT2D eigenvalue weighted by Gasteiger charge is 2.18. The number of benzene rings is 1. The van der Waals surface area contributed by atoms with Crippen molar-refractivity contribution in [2.45, 2.75) is 38.8 Å². The SMILES string of the molecule is CCC(OC)C(=O)Nc1ccc2nc3n(c(=O)c2c1)CCC3. The van der Waals surface area contributed by atoms with Crippen LogP contribution in [0.15, 0.2) is 23.0 Å². The second-order valence-corrected chi connectivity index (χ2v) is 5.44. The fraction of sp³-hybridized carbons (Fsp3) is 0.438. The molecule has 0 saturated heterocycles. The molecule has 1 aromatic carbocycles. The molecule has 1 aliphatic heterocycles. The number of nitrogens with one attached hydrogen (secondary N) is 1. The fourth-order valence-corrected chi connectivity index (χ4v) is 2.84. The second kappa shape index (κ2) is 5.88. The normalized spacial score (nSPS) is 14.8. The zero-order chi connectivity index (χ0) is 15.7. The van der Waals surface area contributed by atoms with E-state index in [1.165, 1.54) is 7.11 Å². The molecular formula is C16H19N3O3. The monoisotopic (exact) mass is 301 g/mol. The van der Waals surface area contributed by atoms with Gasteiger partial charge in [-0.3, -0.25) is 14.2 Å². The number of carbonyl (C=O) groups excluding carboxylic acids is 1. The highest BCUT2D eigenvalue weighted by atomic mass is 16.5. The van der Waals surface area contributed by atoms with Crippen LogP contribution in [0.25, 0.3) is 10.9 Å². The maximum absolute atomic E-state index is 12.5. The Bertz CT molecular complexity index is 778. The molecule has 1 aromatic heterocycles. The Labute approximate surface area is 128 Å². The molecule has 116 valence electrons. The topological polar surface area (TPSA) is 73.2 Å². The molecule has 6 heteroatoms. The molecule has 2 heterocycles. The molecule has 3 rings (SSSR count). The van der Waals surface area contributed by atoms with E-state index >= 15 is 0 Å². The Balaban J connectivity index is 1.96. The standard InChI is InChI=1S/C16H19N3O3/c1-3-13(22-2)15(20)17-10-6-7-12-11(9-10)16(21)19-8-4-5-14(19)18-12/h6-7,9,13H,3-5,8H2,1-2H3,(H,17,20). The molecule has 2 aromatic rings. The van der Waals surface area contributed by atoms with Crippen molar-refractivity contribution in [1.82, 2.24) is 9.55 Å². The van der Waals surface area contributed by atoms with Crippen LogP contribution in [-0.4, -0.2) is 28.7 Å². The number of nitrogens with zero attached hydrogens (tertiary/aromatic N) is 2. The van der Waals surface area contributed by atoms with Crippen LogP contribution in [0.1, 0.15) is 25.6 Å². The van der Waals surface area contributed by atoms with E-state index in [4.69, 9.17) is 4.74 Å². The number of rotatable bonds is 4. The quantitative estimate of drug-likeness (QED) is 0.933. The number of hydrogen-bond donors (Lipinski definition) is 1. The van der Waals surface area contributed by atoms with Gasteiger partial charge in [-0.05, 0) is 31.0 Å². The van der Waals surface area contributed by atoms with Gasteiger partial charge in [-0.1, -0.05) is 6.92 Å². The van der Waals surface area contributed by atoms with E-state index in [1.54, 1.807) is 22.8 Å². The molecule has 1 atom stereocenters. The summed E-state index contributed by atoms with van der Waals surface area (Å²) in [5.41, 5.74) is 1.23. The lowest BCUT2D eigenvalue weighted by atomic mass is 10.2. The number of amides is 1. The third-order valence-electron chi connectivity index (χ3n) is 4.03. The van der Waals surface area contributed by atoms with Crippen molar-refractivity contribution >= 4 is 22.5 Å². The van der Waals surface area contributed by atoms with Gasteiger partial charge in [0, 0.05) is 25.8 Å². The highest BCUT2D eigenvalue weighted by molar-refractivity contribution is 5.96. The number of methoxy groups -OCH3 is 1. The summed E-state index contributed by atoms with van der Waals surface area (Å²) >= 11 is 0. The van der Waals surface area contributed by atoms with Crippen molar-refractivity contribution in [2.75, 3.05) is 12.4 Å². The van der Waals surface area contributed by atoms with Crippen LogP contribution < -0.4 is 10.9 Å². The van der Waals surface area contributed by atoms with Crippen LogP contribution >= 0.6 is 0 Å². The lowest BCUT2D eigenvalue weighted by Crippen LogP contribution is -2.29. The molecule has 1 aliphatic rings. The molecule has 0 spiro atoms. The zero-order valence-corrected chi connectivity index (χ0v) is 12.8. The molecule has 1 unspecified atom stereocenters. The molecule has 6 nitrogen and oxygen atoms in total. The smallest absolute Gasteiger partial charge is 0.261 e. The summed E-state index contributed by atoms with van der Waals surface area (Å²) in [6, 6.07) is 5.23. The third kappa shape index (κ3) is 2.50. The number of anilines is 1. The Morgan fingerprint density at radius 2 is 2.32 bits per heavy atom. The molecule has 0 saturated carbocycles. The van der Waals surface area contributed by atoms with E-state index in [2.05, 4.69) is 10.3 Å². The van der Waals surface area contributed by atoms with E-state index < -0.39 is 6.10 Å². The predicted octanol–water partition coefficient (Wildman–Crippen LogP) is 1.71. The van der Waals surface area contributed by atoms with Gasteiger partial charge < -0.3 is 10.1 Å². The minimum Gasteiger partial charge on any atom is -0.372 e. The molecule has 0 aliphatic carbocycles. The van der Waals surface area contributed by atoms with Gasteiger partial charge in [-0.25, -0.2) is 4.98 Å². The average Bonchev–Trinajstić information content (AvgIpc) is 2.98. The summed E-state index contributed by atoms with van der Waals surface area (Å²) in [7, 11) is 1.51. The molecule has 0 fully saturated rings. The Hall–Kier alpha value is -2.21. The van der Waals surface area contributed by atoms with Crippen molar-refractivity contribution in [3.8, 4) is 0 Å². The van der Waals surface area contributed by atoms with Crippen molar-refractivity contribution in [3.05, 3.63) is 34.4 Å². The summed E-state index contributed by atoms with van der Waals surface area (Å²) in [4.78, 5) is 29.1. The average molecular weight is 301 g/mol. The molecular weight excluding hydrogens is 282 g/mol. The van der Waals surface area contributed by atoms with Gasteiger partial charge >= 0.3 is 0 Å². The largest absolute Gasteiger partial charge is 0.372 e. The Kier molecular flexibility index (Phi) is 3.94. The minimum atomic E-state index is -0.491. The first-order valence-electron chi connectivity index (χ1n) is 7.51. The maximum Gasteiger partial charge on any atom is 0.261 e. The first kappa shape index (κ1) is 14.7. The lowest BCUT2D eigenvalue weighted by Gasteiger charge is -2.13. The predicted molar refractivity (Wildman–Crippen MR) is 84.0 cm³/mol. The Morgan fingerprint density at radius 3 is 3.05 bits per heavy atom. The van der Waals surface area contributed by atoms with Gasteiger partial charge in [-0.2, -0.15) is 0 Å². The third-order valence-corrected chi connectivity index (χ3v) is 4.03. The lowest BCUT2D eigenvalue weighted by molar-refractivity contribution is -0.125. The molecule has 0 bridgehead atoms. The zero-order valence-electron chi connectivity index (χ0n) is 12.8. The summed E-state index contributed by atoms with van der Waals surface area (Å²) in [6.45, 7) is 2.60. The number of ether oxygens (including phenoxy) is 1. The number of fused-ring (bicyclic) bond motifs is 2. The van der Waals surface area contributed by atoms with E-state index in [0.717, 1.165) is 25.2 Å². The van der Waals surface area contributed by atoms with Crippen molar-refractivity contribution < 1.29 is 9.53 Å². The van der Waals surface area contributed by atoms with Crippen LogP contribution in [0, 0.1) is 0 Å². The maximum atomic E-state index is 12.5. The second-order valence-electron chi connectivity index (χ2n) is 5.44. The highest BCUT2D eigenvalue weighted by Crippen LogP contribution is 2.18. The van der Waals surface area contributed by atoms with E-state index in [1.807, 2.05) is 6.92 Å². The summed E-state index contributed by atoms with van der Waals surface area (Å²) in [5, 5.41) is 3.33. The van der Waals surface area contributed by atoms with Gasteiger partial charge in [0.1, 0.15) is 11.9 Å².